The molecule has 0 bridgehead atoms. The molecule has 0 saturated carbocycles. The number of nitrogens with zero attached hydrogens (tertiary/aromatic N) is 2. The van der Waals surface area contributed by atoms with Gasteiger partial charge in [0.2, 0.25) is 0 Å². The van der Waals surface area contributed by atoms with Gasteiger partial charge in [0.25, 0.3) is 5.56 Å². The molecule has 2 heterocycles. The maximum atomic E-state index is 14.4. The highest BCUT2D eigenvalue weighted by Gasteiger charge is 2.37. The van der Waals surface area contributed by atoms with E-state index in [2.05, 4.69) is 0 Å². The summed E-state index contributed by atoms with van der Waals surface area (Å²) >= 11 is 20.3. The lowest BCUT2D eigenvalue weighted by molar-refractivity contribution is -0.138. The highest BCUT2D eigenvalue weighted by molar-refractivity contribution is 7.07. The number of thiazole rings is 1. The van der Waals surface area contributed by atoms with Crippen molar-refractivity contribution in [2.24, 2.45) is 4.99 Å². The molecule has 1 atom stereocenters. The molecule has 0 spiro atoms. The van der Waals surface area contributed by atoms with Gasteiger partial charge in [0.1, 0.15) is 24.1 Å². The van der Waals surface area contributed by atoms with Crippen LogP contribution in [0.1, 0.15) is 35.2 Å². The average Bonchev–Trinajstić information content (AvgIpc) is 3.44. The Kier molecular flexibility index (Phi) is 11.1. The molecule has 1 aliphatic rings. The van der Waals surface area contributed by atoms with Crippen LogP contribution in [-0.2, 0) is 16.1 Å². The fourth-order valence-corrected chi connectivity index (χ4v) is 7.42. The van der Waals surface area contributed by atoms with Crippen molar-refractivity contribution in [2.75, 3.05) is 27.9 Å². The summed E-state index contributed by atoms with van der Waals surface area (Å²) < 4.78 is 30.3. The van der Waals surface area contributed by atoms with Crippen LogP contribution in [0.3, 0.4) is 0 Å². The van der Waals surface area contributed by atoms with Crippen LogP contribution in [-0.4, -0.2) is 38.5 Å². The summed E-state index contributed by atoms with van der Waals surface area (Å²) in [7, 11) is 4.56. The lowest BCUT2D eigenvalue weighted by atomic mass is 9.92. The van der Waals surface area contributed by atoms with E-state index in [-0.39, 0.29) is 29.4 Å². The molecule has 0 aliphatic carbocycles. The number of fused-ring (bicyclic) bond motifs is 1. The Morgan fingerprint density at radius 3 is 2.35 bits per heavy atom. The molecular weight excluding hydrogens is 735 g/mol. The number of carbonyl (C=O) groups excluding carboxylic acids is 1. The van der Waals surface area contributed by atoms with Gasteiger partial charge in [-0.1, -0.05) is 82.5 Å². The van der Waals surface area contributed by atoms with Crippen LogP contribution >= 0.6 is 46.1 Å². The molecule has 0 amide bonds. The van der Waals surface area contributed by atoms with Crippen LogP contribution in [0.4, 0.5) is 0 Å². The highest BCUT2D eigenvalue weighted by Crippen LogP contribution is 2.41. The largest absolute Gasteiger partial charge is 0.497 e. The molecule has 0 fully saturated rings. The van der Waals surface area contributed by atoms with E-state index in [9.17, 15) is 9.59 Å². The number of esters is 1. The molecule has 0 radical (unpaired) electrons. The van der Waals surface area contributed by atoms with Crippen LogP contribution < -0.4 is 33.8 Å². The monoisotopic (exact) mass is 764 g/mol. The van der Waals surface area contributed by atoms with Gasteiger partial charge in [-0.2, -0.15) is 0 Å². The zero-order valence-corrected chi connectivity index (χ0v) is 31.0. The van der Waals surface area contributed by atoms with Crippen molar-refractivity contribution < 1.29 is 28.5 Å². The van der Waals surface area contributed by atoms with Crippen molar-refractivity contribution in [1.29, 1.82) is 0 Å². The first-order valence-corrected chi connectivity index (χ1v) is 17.6. The molecule has 5 aromatic rings. The topological polar surface area (TPSA) is 97.6 Å². The Morgan fingerprint density at radius 2 is 1.67 bits per heavy atom. The summed E-state index contributed by atoms with van der Waals surface area (Å²) in [5, 5.41) is 1.23. The van der Waals surface area contributed by atoms with E-state index >= 15 is 0 Å². The van der Waals surface area contributed by atoms with Gasteiger partial charge in [0.05, 0.1) is 48.8 Å². The van der Waals surface area contributed by atoms with E-state index in [0.717, 1.165) is 0 Å². The van der Waals surface area contributed by atoms with Crippen LogP contribution in [0.25, 0.3) is 11.8 Å². The Balaban J connectivity index is 1.52. The lowest BCUT2D eigenvalue weighted by Crippen LogP contribution is -2.40. The second-order valence-corrected chi connectivity index (χ2v) is 13.4. The second kappa shape index (κ2) is 15.7. The van der Waals surface area contributed by atoms with Gasteiger partial charge in [-0.25, -0.2) is 9.79 Å². The van der Waals surface area contributed by atoms with Crippen LogP contribution in [0.15, 0.2) is 94.2 Å². The van der Waals surface area contributed by atoms with Crippen LogP contribution in [0, 0.1) is 0 Å². The third-order valence-corrected chi connectivity index (χ3v) is 9.90. The normalized spacial score (nSPS) is 14.1. The van der Waals surface area contributed by atoms with Crippen molar-refractivity contribution in [1.82, 2.24) is 4.57 Å². The number of halogens is 3. The van der Waals surface area contributed by atoms with E-state index in [0.29, 0.717) is 70.3 Å². The second-order valence-electron chi connectivity index (χ2n) is 11.1. The first-order valence-electron chi connectivity index (χ1n) is 15.6. The molecule has 0 unspecified atom stereocenters. The first kappa shape index (κ1) is 36.1. The third-order valence-electron chi connectivity index (χ3n) is 8.05. The fraction of sp³-hybridized carbons (Fsp3) is 0.184. The van der Waals surface area contributed by atoms with Gasteiger partial charge >= 0.3 is 5.97 Å². The number of hydrogen-bond donors (Lipinski definition) is 0. The fourth-order valence-electron chi connectivity index (χ4n) is 5.68. The number of hydrogen-bond acceptors (Lipinski definition) is 9. The molecule has 51 heavy (non-hydrogen) atoms. The minimum atomic E-state index is -0.952. The summed E-state index contributed by atoms with van der Waals surface area (Å²) in [5.41, 5.74) is 2.71. The Labute approximate surface area is 312 Å². The van der Waals surface area contributed by atoms with Crippen molar-refractivity contribution in [3.8, 4) is 23.0 Å². The van der Waals surface area contributed by atoms with E-state index in [1.54, 1.807) is 68.6 Å². The smallest absolute Gasteiger partial charge is 0.338 e. The van der Waals surface area contributed by atoms with Gasteiger partial charge in [-0.15, -0.1) is 0 Å². The Hall–Kier alpha value is -4.74. The predicted octanol–water partition coefficient (Wildman–Crippen LogP) is 7.50. The number of rotatable bonds is 11. The molecule has 1 aromatic heterocycles. The molecule has 9 nitrogen and oxygen atoms in total. The quantitative estimate of drug-likeness (QED) is 0.129. The summed E-state index contributed by atoms with van der Waals surface area (Å²) in [5.74, 6) is 1.01. The Morgan fingerprint density at radius 1 is 0.902 bits per heavy atom. The van der Waals surface area contributed by atoms with Gasteiger partial charge in [0.15, 0.2) is 16.3 Å². The van der Waals surface area contributed by atoms with Crippen molar-refractivity contribution in [3.63, 3.8) is 0 Å². The molecule has 4 aromatic carbocycles. The zero-order chi connectivity index (χ0) is 36.2. The molecule has 6 rings (SSSR count). The summed E-state index contributed by atoms with van der Waals surface area (Å²) in [4.78, 5) is 33.6. The maximum absolute atomic E-state index is 14.4. The molecule has 1 aliphatic heterocycles. The van der Waals surface area contributed by atoms with Gasteiger partial charge in [0, 0.05) is 32.8 Å². The number of methoxy groups -OCH3 is 3. The van der Waals surface area contributed by atoms with E-state index in [1.807, 2.05) is 30.3 Å². The lowest BCUT2D eigenvalue weighted by Gasteiger charge is -2.27. The SMILES string of the molecule is CCOC(=O)C1=C(c2ccccc2)N=c2s/c(=C\c3cc(Cl)c(OCc4ccc(Cl)cc4Cl)c(OC)c3)c(=O)n2[C@@H]1c1ccc(OC)cc1OC. The minimum absolute atomic E-state index is 0.116. The molecular formula is C38H31Cl3N2O7S. The first-order chi connectivity index (χ1) is 24.7. The standard InChI is InChI=1S/C38H31Cl3N2O7S/c1-5-49-37(45)32-33(22-9-7-6-8-10-22)42-38-43(34(32)26-14-13-25(46-2)19-29(26)47-3)36(44)31(51-38)17-21-15-28(41)35(30(16-21)48-4)50-20-23-11-12-24(39)18-27(23)40/h6-19,34H,5,20H2,1-4H3/b31-17-/t34-/m1/s1. The van der Waals surface area contributed by atoms with E-state index in [1.165, 1.54) is 30.1 Å². The number of ether oxygens (including phenoxy) is 5. The van der Waals surface area contributed by atoms with Gasteiger partial charge < -0.3 is 23.7 Å². The minimum Gasteiger partial charge on any atom is -0.497 e. The molecule has 262 valence electrons. The number of benzene rings is 4. The van der Waals surface area contributed by atoms with Gasteiger partial charge in [-0.3, -0.25) is 9.36 Å². The summed E-state index contributed by atoms with van der Waals surface area (Å²) in [6.45, 7) is 1.96. The summed E-state index contributed by atoms with van der Waals surface area (Å²) in [6.07, 6.45) is 1.69. The van der Waals surface area contributed by atoms with Gasteiger partial charge in [-0.05, 0) is 55.0 Å². The van der Waals surface area contributed by atoms with E-state index < -0.39 is 12.0 Å². The van der Waals surface area contributed by atoms with E-state index in [4.69, 9.17) is 63.5 Å². The Bertz CT molecular complexity index is 2340. The van der Waals surface area contributed by atoms with Crippen LogP contribution in [0.5, 0.6) is 23.0 Å². The molecule has 0 saturated heterocycles. The van der Waals surface area contributed by atoms with Crippen molar-refractivity contribution >= 4 is 63.9 Å². The third kappa shape index (κ3) is 7.36. The number of aromatic nitrogens is 1. The van der Waals surface area contributed by atoms with Crippen molar-refractivity contribution in [2.45, 2.75) is 19.6 Å². The summed E-state index contributed by atoms with van der Waals surface area (Å²) in [6, 6.07) is 22.1. The zero-order valence-electron chi connectivity index (χ0n) is 27.9. The molecule has 13 heteroatoms. The molecule has 0 N–H and O–H groups in total. The van der Waals surface area contributed by atoms with Crippen molar-refractivity contribution in [3.05, 3.63) is 141 Å². The average molecular weight is 766 g/mol. The predicted molar refractivity (Wildman–Crippen MR) is 199 cm³/mol. The highest BCUT2D eigenvalue weighted by atomic mass is 35.5. The number of carbonyl (C=O) groups is 1. The maximum Gasteiger partial charge on any atom is 0.338 e. The van der Waals surface area contributed by atoms with Crippen LogP contribution in [0.2, 0.25) is 15.1 Å².